The van der Waals surface area contributed by atoms with Crippen molar-refractivity contribution in [2.45, 2.75) is 43.5 Å². The molecule has 28 heavy (non-hydrogen) atoms. The van der Waals surface area contributed by atoms with E-state index >= 15 is 0 Å². The molecule has 0 atom stereocenters. The Bertz CT molecular complexity index is 1120. The van der Waals surface area contributed by atoms with Gasteiger partial charge in [-0.05, 0) is 80.6 Å². The van der Waals surface area contributed by atoms with Crippen molar-refractivity contribution < 1.29 is 12.9 Å². The Morgan fingerprint density at radius 2 is 1.79 bits per heavy atom. The zero-order chi connectivity index (χ0) is 19.9. The molecule has 0 aliphatic heterocycles. The summed E-state index contributed by atoms with van der Waals surface area (Å²) in [4.78, 5) is 4.63. The molecule has 3 N–H and O–H groups in total. The monoisotopic (exact) mass is 398 g/mol. The van der Waals surface area contributed by atoms with E-state index in [4.69, 9.17) is 10.3 Å². The van der Waals surface area contributed by atoms with Crippen molar-refractivity contribution in [3.8, 4) is 11.5 Å². The van der Waals surface area contributed by atoms with E-state index in [-0.39, 0.29) is 4.90 Å². The molecule has 1 fully saturated rings. The van der Waals surface area contributed by atoms with Gasteiger partial charge >= 0.3 is 0 Å². The minimum Gasteiger partial charge on any atom is -0.334 e. The molecule has 0 unspecified atom stereocenters. The van der Waals surface area contributed by atoms with Crippen LogP contribution in [0.1, 0.15) is 36.2 Å². The smallest absolute Gasteiger partial charge is 0.261 e. The Labute approximate surface area is 164 Å². The highest BCUT2D eigenvalue weighted by Gasteiger charge is 2.39. The number of rotatable bonds is 5. The first-order valence-corrected chi connectivity index (χ1v) is 10.6. The summed E-state index contributed by atoms with van der Waals surface area (Å²) in [5.41, 5.74) is 8.87. The largest absolute Gasteiger partial charge is 0.334 e. The molecule has 1 heterocycles. The number of aryl methyl sites for hydroxylation is 2. The van der Waals surface area contributed by atoms with Crippen LogP contribution in [0, 0.1) is 13.8 Å². The van der Waals surface area contributed by atoms with E-state index in [0.717, 1.165) is 30.4 Å². The van der Waals surface area contributed by atoms with E-state index in [9.17, 15) is 8.42 Å². The lowest BCUT2D eigenvalue weighted by Crippen LogP contribution is -2.44. The summed E-state index contributed by atoms with van der Waals surface area (Å²) in [6, 6.07) is 11.9. The molecule has 2 aromatic carbocycles. The fraction of sp³-hybridized carbons (Fsp3) is 0.300. The van der Waals surface area contributed by atoms with Gasteiger partial charge in [-0.3, -0.25) is 4.72 Å². The second-order valence-corrected chi connectivity index (χ2v) is 9.04. The van der Waals surface area contributed by atoms with Crippen LogP contribution in [0.15, 0.2) is 51.9 Å². The van der Waals surface area contributed by atoms with E-state index in [1.165, 1.54) is 0 Å². The Hall–Kier alpha value is -2.71. The van der Waals surface area contributed by atoms with Gasteiger partial charge in [-0.15, -0.1) is 0 Å². The molecule has 0 saturated heterocycles. The van der Waals surface area contributed by atoms with Crippen molar-refractivity contribution in [1.82, 2.24) is 10.1 Å². The van der Waals surface area contributed by atoms with Gasteiger partial charge in [0.2, 0.25) is 0 Å². The van der Waals surface area contributed by atoms with E-state index in [2.05, 4.69) is 14.9 Å². The minimum atomic E-state index is -3.66. The number of nitrogens with zero attached hydrogens (tertiary/aromatic N) is 2. The lowest BCUT2D eigenvalue weighted by atomic mass is 9.77. The zero-order valence-electron chi connectivity index (χ0n) is 15.8. The quantitative estimate of drug-likeness (QED) is 0.680. The van der Waals surface area contributed by atoms with Gasteiger partial charge in [-0.1, -0.05) is 11.2 Å². The van der Waals surface area contributed by atoms with Crippen LogP contribution in [-0.2, 0) is 15.6 Å². The third-order valence-corrected chi connectivity index (χ3v) is 6.67. The average molecular weight is 398 g/mol. The van der Waals surface area contributed by atoms with E-state index in [1.807, 2.05) is 13.8 Å². The van der Waals surface area contributed by atoms with Crippen molar-refractivity contribution in [2.75, 3.05) is 4.72 Å². The van der Waals surface area contributed by atoms with E-state index < -0.39 is 15.6 Å². The highest BCUT2D eigenvalue weighted by Crippen LogP contribution is 2.37. The van der Waals surface area contributed by atoms with Crippen LogP contribution >= 0.6 is 0 Å². The maximum atomic E-state index is 12.6. The summed E-state index contributed by atoms with van der Waals surface area (Å²) in [6.07, 6.45) is 2.77. The number of nitrogens with one attached hydrogen (secondary N) is 1. The predicted molar refractivity (Wildman–Crippen MR) is 106 cm³/mol. The van der Waals surface area contributed by atoms with E-state index in [0.29, 0.717) is 23.0 Å². The number of aromatic nitrogens is 2. The van der Waals surface area contributed by atoms with Crippen LogP contribution in [0.3, 0.4) is 0 Å². The first-order valence-electron chi connectivity index (χ1n) is 9.10. The lowest BCUT2D eigenvalue weighted by Gasteiger charge is -2.34. The molecule has 8 heteroatoms. The molecule has 1 aromatic heterocycles. The number of anilines is 1. The fourth-order valence-corrected chi connectivity index (χ4v) is 4.24. The van der Waals surface area contributed by atoms with Gasteiger partial charge in [-0.25, -0.2) is 8.42 Å². The Kier molecular flexibility index (Phi) is 4.47. The van der Waals surface area contributed by atoms with Crippen molar-refractivity contribution in [2.24, 2.45) is 5.73 Å². The molecule has 0 bridgehead atoms. The third-order valence-electron chi connectivity index (χ3n) is 5.29. The van der Waals surface area contributed by atoms with Crippen LogP contribution in [0.4, 0.5) is 5.69 Å². The number of nitrogens with two attached hydrogens (primary N) is 1. The van der Waals surface area contributed by atoms with Gasteiger partial charge in [0, 0.05) is 11.3 Å². The van der Waals surface area contributed by atoms with Gasteiger partial charge in [0.25, 0.3) is 15.9 Å². The lowest BCUT2D eigenvalue weighted by molar-refractivity contribution is 0.229. The van der Waals surface area contributed by atoms with Crippen molar-refractivity contribution in [3.05, 3.63) is 59.4 Å². The summed E-state index contributed by atoms with van der Waals surface area (Å²) < 4.78 is 33.1. The van der Waals surface area contributed by atoms with Crippen LogP contribution in [-0.4, -0.2) is 18.6 Å². The molecular formula is C20H22N4O3S. The summed E-state index contributed by atoms with van der Waals surface area (Å²) in [5, 5.41) is 4.00. The van der Waals surface area contributed by atoms with Gasteiger partial charge < -0.3 is 10.3 Å². The maximum absolute atomic E-state index is 12.6. The average Bonchev–Trinajstić information content (AvgIpc) is 3.12. The first-order chi connectivity index (χ1) is 13.3. The standard InChI is InChI=1S/C20H22N4O3S/c1-13-4-9-17(12-14(13)2)28(25,26)24-16-7-5-15(6-8-16)18-22-19(23-27-18)20(21)10-3-11-20/h4-9,12,24H,3,10-11,21H2,1-2H3. The zero-order valence-corrected chi connectivity index (χ0v) is 16.6. The van der Waals surface area contributed by atoms with Crippen LogP contribution in [0.2, 0.25) is 0 Å². The molecule has 4 rings (SSSR count). The molecule has 146 valence electrons. The van der Waals surface area contributed by atoms with Gasteiger partial charge in [0.05, 0.1) is 10.4 Å². The highest BCUT2D eigenvalue weighted by atomic mass is 32.2. The summed E-state index contributed by atoms with van der Waals surface area (Å²) in [7, 11) is -3.66. The molecule has 1 saturated carbocycles. The van der Waals surface area contributed by atoms with Crippen LogP contribution < -0.4 is 10.5 Å². The molecule has 1 aliphatic carbocycles. The SMILES string of the molecule is Cc1ccc(S(=O)(=O)Nc2ccc(-c3nc(C4(N)CCC4)no3)cc2)cc1C. The van der Waals surface area contributed by atoms with Gasteiger partial charge in [0.15, 0.2) is 5.82 Å². The molecule has 0 amide bonds. The first kappa shape index (κ1) is 18.6. The van der Waals surface area contributed by atoms with Crippen LogP contribution in [0.5, 0.6) is 0 Å². The second-order valence-electron chi connectivity index (χ2n) is 7.36. The highest BCUT2D eigenvalue weighted by molar-refractivity contribution is 7.92. The summed E-state index contributed by atoms with van der Waals surface area (Å²) in [6.45, 7) is 3.83. The van der Waals surface area contributed by atoms with Gasteiger partial charge in [0.1, 0.15) is 0 Å². The minimum absolute atomic E-state index is 0.231. The molecule has 1 aliphatic rings. The number of benzene rings is 2. The van der Waals surface area contributed by atoms with Crippen molar-refractivity contribution in [3.63, 3.8) is 0 Å². The Morgan fingerprint density at radius 3 is 2.39 bits per heavy atom. The predicted octanol–water partition coefficient (Wildman–Crippen LogP) is 3.49. The van der Waals surface area contributed by atoms with Crippen LogP contribution in [0.25, 0.3) is 11.5 Å². The molecule has 0 spiro atoms. The number of sulfonamides is 1. The third kappa shape index (κ3) is 3.41. The topological polar surface area (TPSA) is 111 Å². The normalized spacial score (nSPS) is 15.8. The molecular weight excluding hydrogens is 376 g/mol. The molecule has 7 nitrogen and oxygen atoms in total. The van der Waals surface area contributed by atoms with Crippen molar-refractivity contribution >= 4 is 15.7 Å². The summed E-state index contributed by atoms with van der Waals surface area (Å²) >= 11 is 0. The maximum Gasteiger partial charge on any atom is 0.261 e. The number of hydrogen-bond acceptors (Lipinski definition) is 6. The van der Waals surface area contributed by atoms with E-state index in [1.54, 1.807) is 42.5 Å². The molecule has 3 aromatic rings. The molecule has 0 radical (unpaired) electrons. The van der Waals surface area contributed by atoms with Gasteiger partial charge in [-0.2, -0.15) is 4.98 Å². The fourth-order valence-electron chi connectivity index (χ4n) is 3.10. The number of hydrogen-bond donors (Lipinski definition) is 2. The second kappa shape index (κ2) is 6.72. The van der Waals surface area contributed by atoms with Crippen molar-refractivity contribution in [1.29, 1.82) is 0 Å². The summed E-state index contributed by atoms with van der Waals surface area (Å²) in [5.74, 6) is 0.892. The Balaban J connectivity index is 1.52. The Morgan fingerprint density at radius 1 is 1.07 bits per heavy atom.